The predicted octanol–water partition coefficient (Wildman–Crippen LogP) is 5.62. The first-order chi connectivity index (χ1) is 20.0. The number of thiazole rings is 1. The lowest BCUT2D eigenvalue weighted by Crippen LogP contribution is -2.29. The fourth-order valence-electron chi connectivity index (χ4n) is 4.19. The number of benzene rings is 2. The molecule has 0 unspecified atom stereocenters. The molecule has 2 aromatic carbocycles. The molecule has 1 amide bonds. The van der Waals surface area contributed by atoms with E-state index in [1.165, 1.54) is 23.1 Å². The van der Waals surface area contributed by atoms with Crippen LogP contribution < -0.4 is 14.2 Å². The number of hydrogen-bond donors (Lipinski definition) is 0. The largest absolute Gasteiger partial charge is 0.495 e. The second-order valence-corrected chi connectivity index (χ2v) is 10.8. The van der Waals surface area contributed by atoms with Crippen molar-refractivity contribution in [1.82, 2.24) is 24.6 Å². The molecule has 5 rings (SSSR count). The fraction of sp³-hybridized carbons (Fsp3) is 0.241. The van der Waals surface area contributed by atoms with Crippen molar-refractivity contribution >= 4 is 29.0 Å². The molecule has 0 saturated carbocycles. The fourth-order valence-corrected chi connectivity index (χ4v) is 5.92. The SMILES string of the molecule is COc1ccc(CCN(C)C(=O)c2csc(CSc3nnc(-c4ccco4)n3-c3ccccc3OC)n2)cc1OC. The van der Waals surface area contributed by atoms with Gasteiger partial charge in [-0.1, -0.05) is 30.0 Å². The highest BCUT2D eigenvalue weighted by Gasteiger charge is 2.22. The maximum atomic E-state index is 13.1. The number of methoxy groups -OCH3 is 3. The van der Waals surface area contributed by atoms with E-state index < -0.39 is 0 Å². The summed E-state index contributed by atoms with van der Waals surface area (Å²) in [4.78, 5) is 19.4. The van der Waals surface area contributed by atoms with E-state index in [1.54, 1.807) is 44.9 Å². The maximum Gasteiger partial charge on any atom is 0.273 e. The minimum absolute atomic E-state index is 0.129. The Morgan fingerprint density at radius 1 is 1.00 bits per heavy atom. The average molecular weight is 592 g/mol. The van der Waals surface area contributed by atoms with Gasteiger partial charge in [0, 0.05) is 19.0 Å². The van der Waals surface area contributed by atoms with Crippen LogP contribution in [0.2, 0.25) is 0 Å². The molecule has 41 heavy (non-hydrogen) atoms. The molecule has 0 saturated heterocycles. The van der Waals surface area contributed by atoms with Crippen LogP contribution in [0.3, 0.4) is 0 Å². The zero-order valence-corrected chi connectivity index (χ0v) is 24.7. The summed E-state index contributed by atoms with van der Waals surface area (Å²) in [5.74, 6) is 3.56. The third kappa shape index (κ3) is 6.23. The summed E-state index contributed by atoms with van der Waals surface area (Å²) in [6, 6.07) is 17.1. The molecular weight excluding hydrogens is 562 g/mol. The summed E-state index contributed by atoms with van der Waals surface area (Å²) in [7, 11) is 6.62. The second kappa shape index (κ2) is 12.9. The second-order valence-electron chi connectivity index (χ2n) is 8.87. The van der Waals surface area contributed by atoms with Gasteiger partial charge in [-0.3, -0.25) is 9.36 Å². The Hall–Kier alpha value is -4.29. The number of carbonyl (C=O) groups excluding carboxylic acids is 1. The lowest BCUT2D eigenvalue weighted by Gasteiger charge is -2.16. The molecule has 0 aliphatic rings. The van der Waals surface area contributed by atoms with Crippen molar-refractivity contribution in [2.45, 2.75) is 17.3 Å². The molecule has 0 bridgehead atoms. The molecule has 10 nitrogen and oxygen atoms in total. The number of carbonyl (C=O) groups is 1. The predicted molar refractivity (Wildman–Crippen MR) is 157 cm³/mol. The quantitative estimate of drug-likeness (QED) is 0.171. The Morgan fingerprint density at radius 3 is 2.56 bits per heavy atom. The Bertz CT molecular complexity index is 1620. The van der Waals surface area contributed by atoms with Crippen molar-refractivity contribution in [1.29, 1.82) is 0 Å². The van der Waals surface area contributed by atoms with E-state index in [1.807, 2.05) is 59.2 Å². The van der Waals surface area contributed by atoms with Crippen molar-refractivity contribution in [3.05, 3.63) is 82.5 Å². The standard InChI is InChI=1S/C29H29N5O5S2/c1-33(14-13-19-11-12-23(37-3)25(16-19)38-4)28(35)20-17-40-26(30-20)18-41-29-32-31-27(24-10-7-15-39-24)34(29)21-8-5-6-9-22(21)36-2/h5-12,15-17H,13-14,18H2,1-4H3. The van der Waals surface area contributed by atoms with Gasteiger partial charge < -0.3 is 23.5 Å². The highest BCUT2D eigenvalue weighted by molar-refractivity contribution is 7.98. The molecule has 5 aromatic rings. The molecule has 3 heterocycles. The van der Waals surface area contributed by atoms with Crippen LogP contribution in [0.1, 0.15) is 21.1 Å². The highest BCUT2D eigenvalue weighted by atomic mass is 32.2. The highest BCUT2D eigenvalue weighted by Crippen LogP contribution is 2.34. The van der Waals surface area contributed by atoms with Crippen LogP contribution in [0, 0.1) is 0 Å². The lowest BCUT2D eigenvalue weighted by molar-refractivity contribution is 0.0791. The normalized spacial score (nSPS) is 10.9. The first-order valence-electron chi connectivity index (χ1n) is 12.7. The van der Waals surface area contributed by atoms with Gasteiger partial charge in [0.2, 0.25) is 5.82 Å². The van der Waals surface area contributed by atoms with E-state index in [0.29, 0.717) is 58.4 Å². The number of ether oxygens (including phenoxy) is 3. The minimum atomic E-state index is -0.129. The van der Waals surface area contributed by atoms with Crippen molar-refractivity contribution in [3.8, 4) is 34.5 Å². The van der Waals surface area contributed by atoms with E-state index in [-0.39, 0.29) is 5.91 Å². The minimum Gasteiger partial charge on any atom is -0.495 e. The molecule has 0 aliphatic carbocycles. The number of nitrogens with zero attached hydrogens (tertiary/aromatic N) is 5. The third-order valence-electron chi connectivity index (χ3n) is 6.33. The van der Waals surface area contributed by atoms with E-state index in [4.69, 9.17) is 18.6 Å². The van der Waals surface area contributed by atoms with Crippen LogP contribution >= 0.6 is 23.1 Å². The van der Waals surface area contributed by atoms with Crippen molar-refractivity contribution < 1.29 is 23.4 Å². The number of amides is 1. The van der Waals surface area contributed by atoms with Gasteiger partial charge in [0.25, 0.3) is 5.91 Å². The average Bonchev–Trinajstić information content (AvgIpc) is 3.79. The number of rotatable bonds is 12. The molecule has 12 heteroatoms. The zero-order valence-electron chi connectivity index (χ0n) is 23.1. The van der Waals surface area contributed by atoms with Crippen LogP contribution in [-0.4, -0.2) is 65.5 Å². The summed E-state index contributed by atoms with van der Waals surface area (Å²) < 4.78 is 23.8. The monoisotopic (exact) mass is 591 g/mol. The van der Waals surface area contributed by atoms with E-state index in [2.05, 4.69) is 15.2 Å². The van der Waals surface area contributed by atoms with E-state index in [0.717, 1.165) is 16.3 Å². The molecule has 0 spiro atoms. The number of para-hydroxylation sites is 2. The van der Waals surface area contributed by atoms with Gasteiger partial charge in [-0.15, -0.1) is 21.5 Å². The number of aromatic nitrogens is 4. The van der Waals surface area contributed by atoms with Crippen LogP contribution in [0.25, 0.3) is 17.3 Å². The van der Waals surface area contributed by atoms with Gasteiger partial charge in [0.05, 0.1) is 39.0 Å². The summed E-state index contributed by atoms with van der Waals surface area (Å²) >= 11 is 2.91. The molecule has 0 radical (unpaired) electrons. The Balaban J connectivity index is 1.27. The topological polar surface area (TPSA) is 105 Å². The van der Waals surface area contributed by atoms with Gasteiger partial charge in [-0.2, -0.15) is 0 Å². The van der Waals surface area contributed by atoms with Crippen molar-refractivity contribution in [2.24, 2.45) is 0 Å². The van der Waals surface area contributed by atoms with Gasteiger partial charge in [-0.05, 0) is 48.4 Å². The van der Waals surface area contributed by atoms with Gasteiger partial charge in [-0.25, -0.2) is 4.98 Å². The zero-order chi connectivity index (χ0) is 28.8. The molecule has 0 N–H and O–H groups in total. The molecule has 0 aliphatic heterocycles. The Kier molecular flexibility index (Phi) is 8.90. The summed E-state index contributed by atoms with van der Waals surface area (Å²) in [5, 5.41) is 12.1. The lowest BCUT2D eigenvalue weighted by atomic mass is 10.1. The number of likely N-dealkylation sites (N-methyl/N-ethyl adjacent to an activating group) is 1. The van der Waals surface area contributed by atoms with Crippen molar-refractivity contribution in [2.75, 3.05) is 34.9 Å². The van der Waals surface area contributed by atoms with E-state index in [9.17, 15) is 4.79 Å². The third-order valence-corrected chi connectivity index (χ3v) is 8.30. The first kappa shape index (κ1) is 28.2. The van der Waals surface area contributed by atoms with Crippen LogP contribution in [0.15, 0.2) is 75.8 Å². The summed E-state index contributed by atoms with van der Waals surface area (Å²) in [6.07, 6.45) is 2.27. The van der Waals surface area contributed by atoms with Gasteiger partial charge in [0.1, 0.15) is 16.5 Å². The smallest absolute Gasteiger partial charge is 0.273 e. The molecule has 212 valence electrons. The van der Waals surface area contributed by atoms with Crippen LogP contribution in [0.5, 0.6) is 17.2 Å². The summed E-state index contributed by atoms with van der Waals surface area (Å²) in [6.45, 7) is 0.535. The molecular formula is C29H29N5O5S2. The first-order valence-corrected chi connectivity index (χ1v) is 14.5. The van der Waals surface area contributed by atoms with Crippen molar-refractivity contribution in [3.63, 3.8) is 0 Å². The number of furan rings is 1. The molecule has 0 fully saturated rings. The number of thioether (sulfide) groups is 1. The molecule has 3 aromatic heterocycles. The van der Waals surface area contributed by atoms with Crippen LogP contribution in [0.4, 0.5) is 0 Å². The Labute approximate surface area is 245 Å². The Morgan fingerprint density at radius 2 is 1.80 bits per heavy atom. The van der Waals surface area contributed by atoms with Gasteiger partial charge in [0.15, 0.2) is 22.4 Å². The van der Waals surface area contributed by atoms with E-state index >= 15 is 0 Å². The molecule has 0 atom stereocenters. The van der Waals surface area contributed by atoms with Gasteiger partial charge >= 0.3 is 0 Å². The summed E-state index contributed by atoms with van der Waals surface area (Å²) in [5.41, 5.74) is 2.26. The van der Waals surface area contributed by atoms with Crippen LogP contribution in [-0.2, 0) is 12.2 Å². The number of hydrogen-bond acceptors (Lipinski definition) is 10. The maximum absolute atomic E-state index is 13.1.